The lowest BCUT2D eigenvalue weighted by molar-refractivity contribution is -0.139. The molecule has 0 heterocycles. The number of aliphatic carboxylic acids is 1. The Hall–Kier alpha value is -1.10. The maximum absolute atomic E-state index is 11.3. The Balaban J connectivity index is 2.25. The van der Waals surface area contributed by atoms with Crippen LogP contribution in [0.4, 0.5) is 0 Å². The molecule has 1 aliphatic carbocycles. The van der Waals surface area contributed by atoms with Gasteiger partial charge in [-0.2, -0.15) is 0 Å². The highest BCUT2D eigenvalue weighted by atomic mass is 16.4. The summed E-state index contributed by atoms with van der Waals surface area (Å²) in [5, 5.41) is 21.2. The van der Waals surface area contributed by atoms with E-state index in [0.29, 0.717) is 18.8 Å². The normalized spacial score (nSPS) is 28.7. The molecule has 0 spiro atoms. The van der Waals surface area contributed by atoms with E-state index in [1.165, 1.54) is 0 Å². The SMILES string of the molecule is CC1CCC(O)(CNC(=O)CCC(=O)O)CC1. The van der Waals surface area contributed by atoms with Gasteiger partial charge in [-0.3, -0.25) is 9.59 Å². The van der Waals surface area contributed by atoms with E-state index in [4.69, 9.17) is 5.11 Å². The quantitative estimate of drug-likeness (QED) is 0.670. The summed E-state index contributed by atoms with van der Waals surface area (Å²) in [6.07, 6.45) is 3.16. The Morgan fingerprint density at radius 3 is 2.41 bits per heavy atom. The molecule has 0 bridgehead atoms. The van der Waals surface area contributed by atoms with E-state index in [1.54, 1.807) is 0 Å². The third-order valence-corrected chi connectivity index (χ3v) is 3.39. The Labute approximate surface area is 101 Å². The first-order valence-corrected chi connectivity index (χ1v) is 6.12. The van der Waals surface area contributed by atoms with Gasteiger partial charge in [0, 0.05) is 13.0 Å². The second kappa shape index (κ2) is 6.00. The fourth-order valence-electron chi connectivity index (χ4n) is 2.05. The summed E-state index contributed by atoms with van der Waals surface area (Å²) in [7, 11) is 0. The standard InChI is InChI=1S/C12H21NO4/c1-9-4-6-12(17,7-5-9)8-13-10(14)2-3-11(15)16/h9,17H,2-8H2,1H3,(H,13,14)(H,15,16). The van der Waals surface area contributed by atoms with Crippen LogP contribution in [0.1, 0.15) is 45.4 Å². The molecule has 0 aromatic rings. The zero-order chi connectivity index (χ0) is 12.9. The molecule has 3 N–H and O–H groups in total. The van der Waals surface area contributed by atoms with Gasteiger partial charge in [0.2, 0.25) is 5.91 Å². The maximum atomic E-state index is 11.3. The molecule has 0 unspecified atom stereocenters. The van der Waals surface area contributed by atoms with Gasteiger partial charge in [0.15, 0.2) is 0 Å². The first-order chi connectivity index (χ1) is 7.91. The number of amides is 1. The largest absolute Gasteiger partial charge is 0.481 e. The van der Waals surface area contributed by atoms with Gasteiger partial charge in [0.05, 0.1) is 12.0 Å². The maximum Gasteiger partial charge on any atom is 0.303 e. The molecule has 0 aromatic carbocycles. The second-order valence-corrected chi connectivity index (χ2v) is 5.08. The molecule has 1 aliphatic rings. The number of aliphatic hydroxyl groups is 1. The van der Waals surface area contributed by atoms with Crippen LogP contribution in [-0.4, -0.2) is 34.2 Å². The van der Waals surface area contributed by atoms with E-state index in [-0.39, 0.29) is 25.3 Å². The number of carboxylic acids is 1. The van der Waals surface area contributed by atoms with Gasteiger partial charge >= 0.3 is 5.97 Å². The van der Waals surface area contributed by atoms with Crippen molar-refractivity contribution in [1.29, 1.82) is 0 Å². The van der Waals surface area contributed by atoms with Crippen LogP contribution in [0.5, 0.6) is 0 Å². The molecule has 17 heavy (non-hydrogen) atoms. The highest BCUT2D eigenvalue weighted by Crippen LogP contribution is 2.31. The summed E-state index contributed by atoms with van der Waals surface area (Å²) >= 11 is 0. The number of nitrogens with one attached hydrogen (secondary N) is 1. The van der Waals surface area contributed by atoms with E-state index in [1.807, 2.05) is 0 Å². The van der Waals surface area contributed by atoms with Crippen LogP contribution in [0.3, 0.4) is 0 Å². The number of carbonyl (C=O) groups is 2. The monoisotopic (exact) mass is 243 g/mol. The van der Waals surface area contributed by atoms with E-state index in [0.717, 1.165) is 12.8 Å². The summed E-state index contributed by atoms with van der Waals surface area (Å²) in [5.74, 6) is -0.650. The van der Waals surface area contributed by atoms with Crippen LogP contribution in [0.25, 0.3) is 0 Å². The molecular weight excluding hydrogens is 222 g/mol. The highest BCUT2D eigenvalue weighted by Gasteiger charge is 2.31. The van der Waals surface area contributed by atoms with Gasteiger partial charge in [-0.1, -0.05) is 6.92 Å². The third kappa shape index (κ3) is 5.17. The Bertz CT molecular complexity index is 282. The molecule has 0 atom stereocenters. The lowest BCUT2D eigenvalue weighted by Crippen LogP contribution is -2.45. The predicted octanol–water partition coefficient (Wildman–Crippen LogP) is 0.909. The van der Waals surface area contributed by atoms with Crippen LogP contribution in [0.2, 0.25) is 0 Å². The fourth-order valence-corrected chi connectivity index (χ4v) is 2.05. The molecule has 5 nitrogen and oxygen atoms in total. The average Bonchev–Trinajstić information content (AvgIpc) is 2.28. The number of carbonyl (C=O) groups excluding carboxylic acids is 1. The molecule has 98 valence electrons. The second-order valence-electron chi connectivity index (χ2n) is 5.08. The van der Waals surface area contributed by atoms with Crippen LogP contribution in [-0.2, 0) is 9.59 Å². The van der Waals surface area contributed by atoms with Crippen molar-refractivity contribution in [2.24, 2.45) is 5.92 Å². The van der Waals surface area contributed by atoms with Gasteiger partial charge in [0.25, 0.3) is 0 Å². The molecule has 1 amide bonds. The van der Waals surface area contributed by atoms with E-state index in [9.17, 15) is 14.7 Å². The molecule has 1 rings (SSSR count). The summed E-state index contributed by atoms with van der Waals surface area (Å²) in [6.45, 7) is 2.39. The van der Waals surface area contributed by atoms with Gasteiger partial charge in [-0.15, -0.1) is 0 Å². The molecule has 1 saturated carbocycles. The number of hydrogen-bond donors (Lipinski definition) is 3. The third-order valence-electron chi connectivity index (χ3n) is 3.39. The Kier molecular flexibility index (Phi) is 4.93. The lowest BCUT2D eigenvalue weighted by atomic mass is 9.79. The van der Waals surface area contributed by atoms with Crippen molar-refractivity contribution in [3.05, 3.63) is 0 Å². The fraction of sp³-hybridized carbons (Fsp3) is 0.833. The zero-order valence-corrected chi connectivity index (χ0v) is 10.2. The van der Waals surface area contributed by atoms with E-state index in [2.05, 4.69) is 12.2 Å². The molecule has 0 radical (unpaired) electrons. The molecule has 0 saturated heterocycles. The number of hydrogen-bond acceptors (Lipinski definition) is 3. The van der Waals surface area contributed by atoms with Crippen molar-refractivity contribution in [2.75, 3.05) is 6.54 Å². The molecule has 0 aromatic heterocycles. The predicted molar refractivity (Wildman–Crippen MR) is 62.5 cm³/mol. The van der Waals surface area contributed by atoms with Crippen molar-refractivity contribution in [3.63, 3.8) is 0 Å². The molecule has 5 heteroatoms. The van der Waals surface area contributed by atoms with Gasteiger partial charge in [-0.05, 0) is 31.6 Å². The van der Waals surface area contributed by atoms with Crippen molar-refractivity contribution in [2.45, 2.75) is 51.0 Å². The Morgan fingerprint density at radius 2 is 1.88 bits per heavy atom. The van der Waals surface area contributed by atoms with Gasteiger partial charge < -0.3 is 15.5 Å². The molecule has 1 fully saturated rings. The van der Waals surface area contributed by atoms with Crippen molar-refractivity contribution >= 4 is 11.9 Å². The van der Waals surface area contributed by atoms with Gasteiger partial charge in [-0.25, -0.2) is 0 Å². The van der Waals surface area contributed by atoms with Crippen molar-refractivity contribution in [3.8, 4) is 0 Å². The summed E-state index contributed by atoms with van der Waals surface area (Å²) in [4.78, 5) is 21.6. The van der Waals surface area contributed by atoms with Crippen molar-refractivity contribution < 1.29 is 19.8 Å². The lowest BCUT2D eigenvalue weighted by Gasteiger charge is -2.34. The van der Waals surface area contributed by atoms with Crippen LogP contribution in [0, 0.1) is 5.92 Å². The van der Waals surface area contributed by atoms with Crippen LogP contribution < -0.4 is 5.32 Å². The number of rotatable bonds is 5. The minimum absolute atomic E-state index is 0.0260. The van der Waals surface area contributed by atoms with Crippen LogP contribution in [0.15, 0.2) is 0 Å². The minimum Gasteiger partial charge on any atom is -0.481 e. The summed E-state index contributed by atoms with van der Waals surface area (Å²) < 4.78 is 0. The van der Waals surface area contributed by atoms with Crippen LogP contribution >= 0.6 is 0 Å². The molecule has 0 aliphatic heterocycles. The topological polar surface area (TPSA) is 86.6 Å². The zero-order valence-electron chi connectivity index (χ0n) is 10.2. The van der Waals surface area contributed by atoms with E-state index >= 15 is 0 Å². The molecular formula is C12H21NO4. The van der Waals surface area contributed by atoms with Crippen molar-refractivity contribution in [1.82, 2.24) is 5.32 Å². The first kappa shape index (κ1) is 14.0. The Morgan fingerprint density at radius 1 is 1.29 bits per heavy atom. The van der Waals surface area contributed by atoms with E-state index < -0.39 is 11.6 Å². The summed E-state index contributed by atoms with van der Waals surface area (Å²) in [5.41, 5.74) is -0.800. The average molecular weight is 243 g/mol. The minimum atomic E-state index is -0.981. The highest BCUT2D eigenvalue weighted by molar-refractivity contribution is 5.80. The first-order valence-electron chi connectivity index (χ1n) is 6.12. The number of carboxylic acid groups (broad SMARTS) is 1. The van der Waals surface area contributed by atoms with Gasteiger partial charge in [0.1, 0.15) is 0 Å². The smallest absolute Gasteiger partial charge is 0.303 e. The summed E-state index contributed by atoms with van der Waals surface area (Å²) in [6, 6.07) is 0.